The summed E-state index contributed by atoms with van der Waals surface area (Å²) in [5.74, 6) is 0.913. The highest BCUT2D eigenvalue weighted by molar-refractivity contribution is 9.10. The van der Waals surface area contributed by atoms with Crippen molar-refractivity contribution >= 4 is 15.9 Å². The van der Waals surface area contributed by atoms with Crippen LogP contribution in [0.25, 0.3) is 0 Å². The Morgan fingerprint density at radius 2 is 2.31 bits per heavy atom. The fraction of sp³-hybridized carbons (Fsp3) is 0.400. The first kappa shape index (κ1) is 9.03. The molecule has 1 aromatic carbocycles. The topological polar surface area (TPSA) is 32.3 Å². The van der Waals surface area contributed by atoms with Gasteiger partial charge in [0, 0.05) is 11.0 Å². The molecule has 2 N–H and O–H groups in total. The van der Waals surface area contributed by atoms with Gasteiger partial charge in [0.1, 0.15) is 5.75 Å². The van der Waals surface area contributed by atoms with Gasteiger partial charge in [0.2, 0.25) is 0 Å². The summed E-state index contributed by atoms with van der Waals surface area (Å²) in [6, 6.07) is 5.50. The Bertz CT molecular complexity index is 308. The van der Waals surface area contributed by atoms with Crippen LogP contribution in [0.5, 0.6) is 5.75 Å². The highest BCUT2D eigenvalue weighted by Crippen LogP contribution is 2.31. The molecule has 70 valence electrons. The SMILES string of the molecule is Oc1ccc(C2CCNC2)c(Br)c1. The van der Waals surface area contributed by atoms with Crippen molar-refractivity contribution in [1.82, 2.24) is 5.32 Å². The van der Waals surface area contributed by atoms with Gasteiger partial charge in [-0.1, -0.05) is 22.0 Å². The fourth-order valence-corrected chi connectivity index (χ4v) is 2.46. The zero-order valence-corrected chi connectivity index (χ0v) is 8.84. The van der Waals surface area contributed by atoms with Gasteiger partial charge in [0.25, 0.3) is 0 Å². The Morgan fingerprint density at radius 3 is 2.92 bits per heavy atom. The van der Waals surface area contributed by atoms with Gasteiger partial charge < -0.3 is 10.4 Å². The summed E-state index contributed by atoms with van der Waals surface area (Å²) in [4.78, 5) is 0. The van der Waals surface area contributed by atoms with Crippen LogP contribution < -0.4 is 5.32 Å². The Hall–Kier alpha value is -0.540. The highest BCUT2D eigenvalue weighted by Gasteiger charge is 2.18. The summed E-state index contributed by atoms with van der Waals surface area (Å²) in [7, 11) is 0. The first-order chi connectivity index (χ1) is 6.27. The van der Waals surface area contributed by atoms with Crippen molar-refractivity contribution in [3.63, 3.8) is 0 Å². The van der Waals surface area contributed by atoms with Gasteiger partial charge in [0.05, 0.1) is 0 Å². The van der Waals surface area contributed by atoms with Crippen LogP contribution >= 0.6 is 15.9 Å². The van der Waals surface area contributed by atoms with E-state index in [2.05, 4.69) is 21.2 Å². The number of phenols is 1. The Morgan fingerprint density at radius 1 is 1.46 bits per heavy atom. The van der Waals surface area contributed by atoms with Crippen LogP contribution in [0.3, 0.4) is 0 Å². The average Bonchev–Trinajstić information content (AvgIpc) is 2.56. The zero-order valence-electron chi connectivity index (χ0n) is 7.26. The van der Waals surface area contributed by atoms with Crippen LogP contribution in [0.15, 0.2) is 22.7 Å². The summed E-state index contributed by atoms with van der Waals surface area (Å²) < 4.78 is 1.02. The van der Waals surface area contributed by atoms with Crippen molar-refractivity contribution in [2.45, 2.75) is 12.3 Å². The number of benzene rings is 1. The van der Waals surface area contributed by atoms with E-state index in [0.29, 0.717) is 11.7 Å². The molecule has 0 aromatic heterocycles. The van der Waals surface area contributed by atoms with E-state index in [1.165, 1.54) is 12.0 Å². The highest BCUT2D eigenvalue weighted by atomic mass is 79.9. The van der Waals surface area contributed by atoms with Crippen LogP contribution in [0.2, 0.25) is 0 Å². The molecule has 0 aliphatic carbocycles. The predicted molar refractivity (Wildman–Crippen MR) is 56.0 cm³/mol. The van der Waals surface area contributed by atoms with Gasteiger partial charge in [-0.3, -0.25) is 0 Å². The van der Waals surface area contributed by atoms with E-state index < -0.39 is 0 Å². The molecule has 1 fully saturated rings. The minimum absolute atomic E-state index is 0.321. The van der Waals surface area contributed by atoms with Crippen molar-refractivity contribution in [3.8, 4) is 5.75 Å². The number of nitrogens with one attached hydrogen (secondary N) is 1. The Kier molecular flexibility index (Phi) is 2.56. The Labute approximate surface area is 86.1 Å². The molecule has 0 saturated carbocycles. The van der Waals surface area contributed by atoms with Crippen LogP contribution in [-0.2, 0) is 0 Å². The van der Waals surface area contributed by atoms with Crippen molar-refractivity contribution in [3.05, 3.63) is 28.2 Å². The lowest BCUT2D eigenvalue weighted by molar-refractivity contribution is 0.474. The monoisotopic (exact) mass is 241 g/mol. The lowest BCUT2D eigenvalue weighted by Gasteiger charge is -2.10. The maximum atomic E-state index is 9.23. The summed E-state index contributed by atoms with van der Waals surface area (Å²) in [5.41, 5.74) is 1.29. The second-order valence-electron chi connectivity index (χ2n) is 3.40. The van der Waals surface area contributed by atoms with Gasteiger partial charge in [0.15, 0.2) is 0 Å². The third kappa shape index (κ3) is 1.86. The molecule has 2 rings (SSSR count). The first-order valence-corrected chi connectivity index (χ1v) is 5.26. The van der Waals surface area contributed by atoms with Crippen LogP contribution in [0, 0.1) is 0 Å². The molecule has 1 heterocycles. The number of hydrogen-bond donors (Lipinski definition) is 2. The van der Waals surface area contributed by atoms with Crippen molar-refractivity contribution < 1.29 is 5.11 Å². The van der Waals surface area contributed by atoms with E-state index in [0.717, 1.165) is 17.6 Å². The molecule has 1 saturated heterocycles. The molecular weight excluding hydrogens is 230 g/mol. The number of aromatic hydroxyl groups is 1. The van der Waals surface area contributed by atoms with E-state index in [9.17, 15) is 5.11 Å². The van der Waals surface area contributed by atoms with Crippen molar-refractivity contribution in [2.24, 2.45) is 0 Å². The molecule has 2 nitrogen and oxygen atoms in total. The van der Waals surface area contributed by atoms with E-state index in [-0.39, 0.29) is 0 Å². The third-order valence-electron chi connectivity index (χ3n) is 2.48. The minimum Gasteiger partial charge on any atom is -0.508 e. The van der Waals surface area contributed by atoms with Crippen LogP contribution in [-0.4, -0.2) is 18.2 Å². The number of rotatable bonds is 1. The maximum absolute atomic E-state index is 9.23. The van der Waals surface area contributed by atoms with E-state index in [1.807, 2.05) is 6.07 Å². The molecule has 0 bridgehead atoms. The van der Waals surface area contributed by atoms with Gasteiger partial charge >= 0.3 is 0 Å². The lowest BCUT2D eigenvalue weighted by Crippen LogP contribution is -2.08. The molecule has 0 amide bonds. The quantitative estimate of drug-likeness (QED) is 0.791. The smallest absolute Gasteiger partial charge is 0.116 e. The van der Waals surface area contributed by atoms with E-state index in [1.54, 1.807) is 12.1 Å². The summed E-state index contributed by atoms with van der Waals surface area (Å²) >= 11 is 3.47. The normalized spacial score (nSPS) is 22.1. The molecule has 1 atom stereocenters. The number of halogens is 1. The number of hydrogen-bond acceptors (Lipinski definition) is 2. The molecule has 1 unspecified atom stereocenters. The van der Waals surface area contributed by atoms with E-state index >= 15 is 0 Å². The third-order valence-corrected chi connectivity index (χ3v) is 3.17. The lowest BCUT2D eigenvalue weighted by atomic mass is 9.98. The minimum atomic E-state index is 0.321. The van der Waals surface area contributed by atoms with Gasteiger partial charge in [-0.15, -0.1) is 0 Å². The average molecular weight is 242 g/mol. The molecule has 1 aliphatic rings. The maximum Gasteiger partial charge on any atom is 0.116 e. The summed E-state index contributed by atoms with van der Waals surface area (Å²) in [6.45, 7) is 2.14. The van der Waals surface area contributed by atoms with Crippen LogP contribution in [0.4, 0.5) is 0 Å². The zero-order chi connectivity index (χ0) is 9.26. The van der Waals surface area contributed by atoms with Gasteiger partial charge in [-0.05, 0) is 36.6 Å². The Balaban J connectivity index is 2.29. The molecule has 1 aliphatic heterocycles. The summed E-state index contributed by atoms with van der Waals surface area (Å²) in [5, 5.41) is 12.6. The predicted octanol–water partition coefficient (Wildman–Crippen LogP) is 2.23. The van der Waals surface area contributed by atoms with Gasteiger partial charge in [-0.25, -0.2) is 0 Å². The standard InChI is InChI=1S/C10H12BrNO/c11-10-5-8(13)1-2-9(10)7-3-4-12-6-7/h1-2,5,7,12-13H,3-4,6H2. The molecule has 0 radical (unpaired) electrons. The van der Waals surface area contributed by atoms with Crippen molar-refractivity contribution in [2.75, 3.05) is 13.1 Å². The van der Waals surface area contributed by atoms with E-state index in [4.69, 9.17) is 0 Å². The molecular formula is C10H12BrNO. The molecule has 13 heavy (non-hydrogen) atoms. The summed E-state index contributed by atoms with van der Waals surface area (Å²) in [6.07, 6.45) is 1.18. The largest absolute Gasteiger partial charge is 0.508 e. The molecule has 1 aromatic rings. The fourth-order valence-electron chi connectivity index (χ4n) is 1.77. The second-order valence-corrected chi connectivity index (χ2v) is 4.25. The van der Waals surface area contributed by atoms with Crippen molar-refractivity contribution in [1.29, 1.82) is 0 Å². The first-order valence-electron chi connectivity index (χ1n) is 4.46. The van der Waals surface area contributed by atoms with Crippen LogP contribution in [0.1, 0.15) is 17.9 Å². The number of phenolic OH excluding ortho intramolecular Hbond substituents is 1. The second kappa shape index (κ2) is 3.68. The molecule has 0 spiro atoms. The van der Waals surface area contributed by atoms with Gasteiger partial charge in [-0.2, -0.15) is 0 Å². The molecule has 3 heteroatoms.